The average Bonchev–Trinajstić information content (AvgIpc) is 3.64. The van der Waals surface area contributed by atoms with Crippen molar-refractivity contribution in [3.05, 3.63) is 190 Å². The lowest BCUT2D eigenvalue weighted by atomic mass is 9.32. The summed E-state index contributed by atoms with van der Waals surface area (Å²) < 4.78 is 13.8. The molecule has 3 heterocycles. The number of aryl methyl sites for hydroxylation is 5. The summed E-state index contributed by atoms with van der Waals surface area (Å²) in [5.74, 6) is 2.44. The molecule has 0 amide bonds. The number of hydrogen-bond donors (Lipinski definition) is 0. The third kappa shape index (κ3) is 5.61. The van der Waals surface area contributed by atoms with Gasteiger partial charge in [0.2, 0.25) is 6.71 Å². The standard InChI is InChI=1S/C57H44BNO2/c1-8-9-15-35(4)40-16-10-12-19-48(40)59(49-20-14-18-45-41-17-11-13-21-50(41)61-57(45)49)39-22-23-42-43-24-26-47-53-44(25-27-51(54(43)53)60-52(42)32-39)46-31-34(3)30-38(7)56(46)58(47)55-36(5)28-33(2)29-37(55)6/h8-13,15-19,21-32H,1-7H3/b9-8-,35-15+. The second-order valence-corrected chi connectivity index (χ2v) is 17.0. The quantitative estimate of drug-likeness (QED) is 0.0954. The van der Waals surface area contributed by atoms with Crippen LogP contribution >= 0.6 is 0 Å². The number of rotatable bonds is 6. The first-order valence-electron chi connectivity index (χ1n) is 21.2. The van der Waals surface area contributed by atoms with Crippen molar-refractivity contribution in [3.63, 3.8) is 0 Å². The number of benzene rings is 7. The zero-order chi connectivity index (χ0) is 41.7. The van der Waals surface area contributed by atoms with Crippen LogP contribution in [0.1, 0.15) is 58.6 Å². The van der Waals surface area contributed by atoms with Crippen LogP contribution in [0, 0.1) is 34.6 Å². The molecule has 292 valence electrons. The second kappa shape index (κ2) is 13.9. The monoisotopic (exact) mass is 785 g/mol. The minimum Gasteiger partial charge on any atom is -0.456 e. The van der Waals surface area contributed by atoms with Gasteiger partial charge in [0, 0.05) is 39.6 Å². The summed E-state index contributed by atoms with van der Waals surface area (Å²) in [6, 6.07) is 42.0. The van der Waals surface area contributed by atoms with Crippen LogP contribution in [0.2, 0.25) is 0 Å². The van der Waals surface area contributed by atoms with E-state index >= 15 is 0 Å². The molecule has 11 rings (SSSR count). The molecule has 0 saturated heterocycles. The Hall–Kier alpha value is -7.22. The fourth-order valence-corrected chi connectivity index (χ4v) is 10.5. The van der Waals surface area contributed by atoms with E-state index in [9.17, 15) is 0 Å². The first kappa shape index (κ1) is 36.8. The van der Waals surface area contributed by atoms with Crippen molar-refractivity contribution in [1.29, 1.82) is 0 Å². The molecule has 0 N–H and O–H groups in total. The van der Waals surface area contributed by atoms with Crippen molar-refractivity contribution in [2.45, 2.75) is 48.5 Å². The average molecular weight is 786 g/mol. The lowest BCUT2D eigenvalue weighted by Crippen LogP contribution is -2.57. The van der Waals surface area contributed by atoms with Crippen LogP contribution in [0.3, 0.4) is 0 Å². The van der Waals surface area contributed by atoms with Crippen LogP contribution in [0.5, 0.6) is 11.5 Å². The molecule has 3 aliphatic rings. The van der Waals surface area contributed by atoms with Crippen molar-refractivity contribution in [3.8, 4) is 33.8 Å². The van der Waals surface area contributed by atoms with E-state index in [2.05, 4.69) is 179 Å². The summed E-state index contributed by atoms with van der Waals surface area (Å²) in [5.41, 5.74) is 29.2. The predicted octanol–water partition coefficient (Wildman–Crippen LogP) is 13.3. The summed E-state index contributed by atoms with van der Waals surface area (Å²) in [5, 5.41) is 3.51. The molecule has 0 radical (unpaired) electrons. The van der Waals surface area contributed by atoms with Crippen molar-refractivity contribution in [2.24, 2.45) is 0 Å². The number of ether oxygens (including phenoxy) is 1. The first-order valence-corrected chi connectivity index (χ1v) is 21.2. The van der Waals surface area contributed by atoms with Gasteiger partial charge in [-0.15, -0.1) is 0 Å². The molecule has 0 unspecified atom stereocenters. The topological polar surface area (TPSA) is 25.6 Å². The zero-order valence-corrected chi connectivity index (χ0v) is 35.6. The van der Waals surface area contributed by atoms with Crippen molar-refractivity contribution in [1.82, 2.24) is 0 Å². The molecule has 8 aromatic rings. The van der Waals surface area contributed by atoms with E-state index in [1.165, 1.54) is 71.7 Å². The number of para-hydroxylation sites is 2. The molecular weight excluding hydrogens is 741 g/mol. The van der Waals surface area contributed by atoms with E-state index in [0.29, 0.717) is 0 Å². The molecule has 2 aliphatic heterocycles. The highest BCUT2D eigenvalue weighted by Crippen LogP contribution is 2.52. The molecule has 1 aromatic heterocycles. The molecule has 0 atom stereocenters. The van der Waals surface area contributed by atoms with E-state index in [0.717, 1.165) is 67.6 Å². The smallest absolute Gasteiger partial charge is 0.243 e. The minimum absolute atomic E-state index is 0.102. The largest absolute Gasteiger partial charge is 0.456 e. The van der Waals surface area contributed by atoms with Crippen LogP contribution in [-0.2, 0) is 0 Å². The van der Waals surface area contributed by atoms with Crippen molar-refractivity contribution in [2.75, 3.05) is 4.90 Å². The third-order valence-electron chi connectivity index (χ3n) is 12.9. The Morgan fingerprint density at radius 3 is 2.20 bits per heavy atom. The van der Waals surface area contributed by atoms with Gasteiger partial charge >= 0.3 is 0 Å². The first-order chi connectivity index (χ1) is 29.7. The lowest BCUT2D eigenvalue weighted by molar-refractivity contribution is 0.487. The summed E-state index contributed by atoms with van der Waals surface area (Å²) in [4.78, 5) is 2.25. The molecule has 3 nitrogen and oxygen atoms in total. The number of allylic oxidation sites excluding steroid dienone is 4. The van der Waals surface area contributed by atoms with Crippen LogP contribution in [-0.4, -0.2) is 6.71 Å². The normalized spacial score (nSPS) is 13.4. The summed E-state index contributed by atoms with van der Waals surface area (Å²) in [6.45, 7) is 15.6. The lowest BCUT2D eigenvalue weighted by Gasteiger charge is -2.34. The Balaban J connectivity index is 1.13. The van der Waals surface area contributed by atoms with Gasteiger partial charge in [0.15, 0.2) is 5.76 Å². The molecule has 0 fully saturated rings. The van der Waals surface area contributed by atoms with Gasteiger partial charge in [-0.3, -0.25) is 4.90 Å². The Kier molecular flexibility index (Phi) is 8.41. The highest BCUT2D eigenvalue weighted by molar-refractivity contribution is 6.99. The van der Waals surface area contributed by atoms with E-state index in [1.54, 1.807) is 0 Å². The summed E-state index contributed by atoms with van der Waals surface area (Å²) in [7, 11) is 0. The SMILES string of the molecule is C/C=C\C=C(/C)c1ccccc1N(C1=C=C=Cc2c1oc1ccccc21)c1ccc2c(c1)Oc1ccc3c4c(ccc-2c14)B(c1c(C)cc(C)cc1C)c1c(C)cc(C)cc1-3. The van der Waals surface area contributed by atoms with Crippen molar-refractivity contribution >= 4 is 73.6 Å². The van der Waals surface area contributed by atoms with Gasteiger partial charge in [-0.2, -0.15) is 0 Å². The van der Waals surface area contributed by atoms with Gasteiger partial charge in [-0.25, -0.2) is 0 Å². The maximum atomic E-state index is 7.11. The third-order valence-corrected chi connectivity index (χ3v) is 12.9. The number of hydrogen-bond acceptors (Lipinski definition) is 3. The van der Waals surface area contributed by atoms with Gasteiger partial charge in [-0.1, -0.05) is 147 Å². The maximum Gasteiger partial charge on any atom is 0.243 e. The van der Waals surface area contributed by atoms with E-state index in [1.807, 2.05) is 25.1 Å². The Morgan fingerprint density at radius 1 is 0.672 bits per heavy atom. The van der Waals surface area contributed by atoms with E-state index < -0.39 is 0 Å². The minimum atomic E-state index is 0.102. The van der Waals surface area contributed by atoms with Gasteiger partial charge in [0.05, 0.1) is 11.4 Å². The van der Waals surface area contributed by atoms with Crippen LogP contribution in [0.4, 0.5) is 11.4 Å². The van der Waals surface area contributed by atoms with Gasteiger partial charge in [0.1, 0.15) is 22.8 Å². The highest BCUT2D eigenvalue weighted by Gasteiger charge is 2.37. The maximum absolute atomic E-state index is 7.11. The number of anilines is 2. The van der Waals surface area contributed by atoms with Crippen LogP contribution < -0.4 is 26.0 Å². The molecule has 7 aromatic carbocycles. The fourth-order valence-electron chi connectivity index (χ4n) is 10.5. The molecule has 61 heavy (non-hydrogen) atoms. The van der Waals surface area contributed by atoms with E-state index in [4.69, 9.17) is 9.15 Å². The Morgan fingerprint density at radius 2 is 1.38 bits per heavy atom. The van der Waals surface area contributed by atoms with Crippen molar-refractivity contribution < 1.29 is 9.15 Å². The number of nitrogens with zero attached hydrogens (tertiary/aromatic N) is 1. The summed E-state index contributed by atoms with van der Waals surface area (Å²) >= 11 is 0. The van der Waals surface area contributed by atoms with Gasteiger partial charge in [-0.05, 0) is 112 Å². The predicted molar refractivity (Wildman–Crippen MR) is 258 cm³/mol. The summed E-state index contributed by atoms with van der Waals surface area (Å²) in [6.07, 6.45) is 8.28. The molecule has 4 heteroatoms. The second-order valence-electron chi connectivity index (χ2n) is 17.0. The van der Waals surface area contributed by atoms with Gasteiger partial charge in [0.25, 0.3) is 0 Å². The van der Waals surface area contributed by atoms with E-state index in [-0.39, 0.29) is 6.71 Å². The zero-order valence-electron chi connectivity index (χ0n) is 35.6. The molecule has 0 saturated carbocycles. The van der Waals surface area contributed by atoms with Crippen LogP contribution in [0.15, 0.2) is 149 Å². The Bertz CT molecular complexity index is 3370. The molecule has 0 spiro atoms. The molecule has 0 bridgehead atoms. The number of fused-ring (bicyclic) bond motifs is 7. The highest BCUT2D eigenvalue weighted by atomic mass is 16.5. The Labute approximate surface area is 358 Å². The molecule has 1 aliphatic carbocycles. The van der Waals surface area contributed by atoms with Crippen LogP contribution in [0.25, 0.3) is 61.3 Å². The fraction of sp³-hybridized carbons (Fsp3) is 0.123. The number of furan rings is 1. The molecular formula is C57H44BNO2. The van der Waals surface area contributed by atoms with Gasteiger partial charge < -0.3 is 9.15 Å².